The zero-order valence-corrected chi connectivity index (χ0v) is 14.2. The second-order valence-electron chi connectivity index (χ2n) is 5.53. The van der Waals surface area contributed by atoms with Crippen molar-refractivity contribution in [1.82, 2.24) is 10.0 Å². The molecule has 0 radical (unpaired) electrons. The number of hydrogen-bond acceptors (Lipinski definition) is 5. The molecule has 0 heterocycles. The fourth-order valence-corrected chi connectivity index (χ4v) is 3.59. The number of carbonyl (C=O) groups is 2. The molecule has 24 heavy (non-hydrogen) atoms. The van der Waals surface area contributed by atoms with Gasteiger partial charge in [0.1, 0.15) is 16.7 Å². The maximum atomic E-state index is 12.4. The molecule has 1 fully saturated rings. The molecule has 2 rings (SSSR count). The van der Waals surface area contributed by atoms with Crippen molar-refractivity contribution in [2.75, 3.05) is 7.11 Å². The lowest BCUT2D eigenvalue weighted by molar-refractivity contribution is -0.139. The third-order valence-corrected chi connectivity index (χ3v) is 5.17. The second kappa shape index (κ2) is 7.18. The summed E-state index contributed by atoms with van der Waals surface area (Å²) in [5.74, 6) is -1.69. The third kappa shape index (κ3) is 4.24. The van der Waals surface area contributed by atoms with Gasteiger partial charge < -0.3 is 15.2 Å². The van der Waals surface area contributed by atoms with Crippen LogP contribution in [0.3, 0.4) is 0 Å². The molecule has 1 unspecified atom stereocenters. The zero-order valence-electron chi connectivity index (χ0n) is 13.4. The van der Waals surface area contributed by atoms with Crippen molar-refractivity contribution in [3.05, 3.63) is 23.8 Å². The Morgan fingerprint density at radius 2 is 2.04 bits per heavy atom. The van der Waals surface area contributed by atoms with Gasteiger partial charge in [0.2, 0.25) is 10.0 Å². The maximum absolute atomic E-state index is 12.4. The first kappa shape index (κ1) is 18.2. The summed E-state index contributed by atoms with van der Waals surface area (Å²) in [5, 5.41) is 11.4. The average Bonchev–Trinajstić information content (AvgIpc) is 3.34. The van der Waals surface area contributed by atoms with Crippen molar-refractivity contribution in [2.24, 2.45) is 0 Å². The quantitative estimate of drug-likeness (QED) is 0.631. The molecule has 1 atom stereocenters. The van der Waals surface area contributed by atoms with E-state index in [0.29, 0.717) is 0 Å². The number of rotatable bonds is 8. The Morgan fingerprint density at radius 3 is 2.54 bits per heavy atom. The highest BCUT2D eigenvalue weighted by Gasteiger charge is 2.30. The monoisotopic (exact) mass is 356 g/mol. The molecule has 3 N–H and O–H groups in total. The first-order valence-electron chi connectivity index (χ1n) is 7.52. The SMILES string of the molecule is CCC(NC(=O)c1ccc(OC)c(S(=O)(=O)NC2CC2)c1)C(=O)O. The van der Waals surface area contributed by atoms with Crippen molar-refractivity contribution in [1.29, 1.82) is 0 Å². The van der Waals surface area contributed by atoms with E-state index in [1.165, 1.54) is 25.3 Å². The van der Waals surface area contributed by atoms with Gasteiger partial charge in [0.15, 0.2) is 0 Å². The maximum Gasteiger partial charge on any atom is 0.326 e. The zero-order chi connectivity index (χ0) is 17.9. The number of methoxy groups -OCH3 is 1. The molecule has 1 aromatic rings. The van der Waals surface area contributed by atoms with Gasteiger partial charge >= 0.3 is 5.97 Å². The highest BCUT2D eigenvalue weighted by Crippen LogP contribution is 2.28. The van der Waals surface area contributed by atoms with E-state index in [2.05, 4.69) is 10.0 Å². The molecule has 0 saturated heterocycles. The lowest BCUT2D eigenvalue weighted by atomic mass is 10.1. The summed E-state index contributed by atoms with van der Waals surface area (Å²) in [7, 11) is -2.48. The van der Waals surface area contributed by atoms with Crippen LogP contribution in [0.25, 0.3) is 0 Å². The number of amides is 1. The fraction of sp³-hybridized carbons (Fsp3) is 0.467. The summed E-state index contributed by atoms with van der Waals surface area (Å²) in [6, 6.07) is 2.82. The molecule has 0 aliphatic heterocycles. The van der Waals surface area contributed by atoms with Crippen molar-refractivity contribution in [3.8, 4) is 5.75 Å². The van der Waals surface area contributed by atoms with Gasteiger partial charge in [0.05, 0.1) is 7.11 Å². The Labute approximate surface area is 140 Å². The molecule has 1 aromatic carbocycles. The van der Waals surface area contributed by atoms with Crippen LogP contribution in [-0.4, -0.2) is 44.6 Å². The lowest BCUT2D eigenvalue weighted by Crippen LogP contribution is -2.40. The Kier molecular flexibility index (Phi) is 5.45. The predicted octanol–water partition coefficient (Wildman–Crippen LogP) is 0.729. The van der Waals surface area contributed by atoms with Crippen molar-refractivity contribution in [3.63, 3.8) is 0 Å². The van der Waals surface area contributed by atoms with Gasteiger partial charge in [-0.05, 0) is 37.5 Å². The fourth-order valence-electron chi connectivity index (χ4n) is 2.09. The summed E-state index contributed by atoms with van der Waals surface area (Å²) in [6.45, 7) is 1.63. The van der Waals surface area contributed by atoms with E-state index in [9.17, 15) is 18.0 Å². The number of benzene rings is 1. The van der Waals surface area contributed by atoms with Crippen molar-refractivity contribution >= 4 is 21.9 Å². The van der Waals surface area contributed by atoms with Crippen LogP contribution in [0, 0.1) is 0 Å². The van der Waals surface area contributed by atoms with E-state index in [-0.39, 0.29) is 28.7 Å². The largest absolute Gasteiger partial charge is 0.495 e. The summed E-state index contributed by atoms with van der Waals surface area (Å²) in [5.41, 5.74) is 0.0478. The summed E-state index contributed by atoms with van der Waals surface area (Å²) in [4.78, 5) is 23.1. The van der Waals surface area contributed by atoms with Crippen LogP contribution in [0.1, 0.15) is 36.5 Å². The van der Waals surface area contributed by atoms with E-state index < -0.39 is 27.9 Å². The molecule has 9 heteroatoms. The van der Waals surface area contributed by atoms with Gasteiger partial charge in [0.25, 0.3) is 5.91 Å². The molecule has 1 aliphatic rings. The molecule has 8 nitrogen and oxygen atoms in total. The van der Waals surface area contributed by atoms with Crippen LogP contribution in [0.2, 0.25) is 0 Å². The topological polar surface area (TPSA) is 122 Å². The standard InChI is InChI=1S/C15H20N2O6S/c1-3-11(15(19)20)16-14(18)9-4-7-12(23-2)13(8-9)24(21,22)17-10-5-6-10/h4,7-8,10-11,17H,3,5-6H2,1-2H3,(H,16,18)(H,19,20). The Bertz CT molecular complexity index is 742. The van der Waals surface area contributed by atoms with Crippen LogP contribution < -0.4 is 14.8 Å². The number of aliphatic carboxylic acids is 1. The highest BCUT2D eigenvalue weighted by molar-refractivity contribution is 7.89. The minimum absolute atomic E-state index is 0.0478. The van der Waals surface area contributed by atoms with Crippen LogP contribution in [-0.2, 0) is 14.8 Å². The number of carboxylic acid groups (broad SMARTS) is 1. The minimum atomic E-state index is -3.82. The minimum Gasteiger partial charge on any atom is -0.495 e. The van der Waals surface area contributed by atoms with E-state index in [4.69, 9.17) is 9.84 Å². The van der Waals surface area contributed by atoms with Crippen LogP contribution >= 0.6 is 0 Å². The summed E-state index contributed by atoms with van der Waals surface area (Å²) < 4.78 is 32.4. The molecular formula is C15H20N2O6S. The van der Waals surface area contributed by atoms with Gasteiger partial charge in [-0.3, -0.25) is 4.79 Å². The number of ether oxygens (including phenoxy) is 1. The summed E-state index contributed by atoms with van der Waals surface area (Å²) in [6.07, 6.45) is 1.77. The average molecular weight is 356 g/mol. The van der Waals surface area contributed by atoms with Gasteiger partial charge in [-0.25, -0.2) is 17.9 Å². The number of carboxylic acids is 1. The smallest absolute Gasteiger partial charge is 0.326 e. The Hall–Kier alpha value is -2.13. The van der Waals surface area contributed by atoms with Crippen LogP contribution in [0.15, 0.2) is 23.1 Å². The third-order valence-electron chi connectivity index (χ3n) is 3.63. The van der Waals surface area contributed by atoms with Gasteiger partial charge in [-0.1, -0.05) is 6.92 Å². The summed E-state index contributed by atoms with van der Waals surface area (Å²) >= 11 is 0. The molecule has 0 bridgehead atoms. The van der Waals surface area contributed by atoms with E-state index in [1.54, 1.807) is 6.92 Å². The molecule has 1 amide bonds. The van der Waals surface area contributed by atoms with Crippen LogP contribution in [0.5, 0.6) is 5.75 Å². The van der Waals surface area contributed by atoms with Gasteiger partial charge in [0, 0.05) is 11.6 Å². The molecular weight excluding hydrogens is 336 g/mol. The van der Waals surface area contributed by atoms with E-state index in [1.807, 2.05) is 0 Å². The number of hydrogen-bond donors (Lipinski definition) is 3. The molecule has 1 saturated carbocycles. The first-order chi connectivity index (χ1) is 11.3. The van der Waals surface area contributed by atoms with Gasteiger partial charge in [-0.15, -0.1) is 0 Å². The second-order valence-corrected chi connectivity index (χ2v) is 7.22. The highest BCUT2D eigenvalue weighted by atomic mass is 32.2. The molecule has 0 spiro atoms. The Balaban J connectivity index is 2.30. The molecule has 0 aromatic heterocycles. The Morgan fingerprint density at radius 1 is 1.38 bits per heavy atom. The molecule has 1 aliphatic carbocycles. The lowest BCUT2D eigenvalue weighted by Gasteiger charge is -2.14. The number of sulfonamides is 1. The van der Waals surface area contributed by atoms with Gasteiger partial charge in [-0.2, -0.15) is 0 Å². The van der Waals surface area contributed by atoms with Crippen LogP contribution in [0.4, 0.5) is 0 Å². The van der Waals surface area contributed by atoms with Crippen molar-refractivity contribution in [2.45, 2.75) is 43.2 Å². The van der Waals surface area contributed by atoms with E-state index in [0.717, 1.165) is 12.8 Å². The number of carbonyl (C=O) groups excluding carboxylic acids is 1. The van der Waals surface area contributed by atoms with Crippen molar-refractivity contribution < 1.29 is 27.9 Å². The first-order valence-corrected chi connectivity index (χ1v) is 9.00. The predicted molar refractivity (Wildman–Crippen MR) is 85.5 cm³/mol. The number of nitrogens with one attached hydrogen (secondary N) is 2. The molecule has 132 valence electrons. The normalized spacial score (nSPS) is 15.6. The van der Waals surface area contributed by atoms with E-state index >= 15 is 0 Å².